The van der Waals surface area contributed by atoms with E-state index in [9.17, 15) is 4.79 Å². The second kappa shape index (κ2) is 6.52. The van der Waals surface area contributed by atoms with Crippen LogP contribution >= 0.6 is 0 Å². The summed E-state index contributed by atoms with van der Waals surface area (Å²) in [7, 11) is 0. The van der Waals surface area contributed by atoms with E-state index >= 15 is 0 Å². The second-order valence-corrected chi connectivity index (χ2v) is 4.56. The van der Waals surface area contributed by atoms with Crippen molar-refractivity contribution in [2.45, 2.75) is 19.4 Å². The van der Waals surface area contributed by atoms with Crippen molar-refractivity contribution in [1.82, 2.24) is 0 Å². The lowest BCUT2D eigenvalue weighted by Crippen LogP contribution is -2.22. The highest BCUT2D eigenvalue weighted by Gasteiger charge is 2.16. The molecule has 4 heteroatoms. The highest BCUT2D eigenvalue weighted by atomic mass is 16.5. The molecule has 2 rings (SSSR count). The Hall–Kier alpha value is -1.39. The minimum Gasteiger partial charge on any atom is -0.462 e. The molecule has 1 aliphatic heterocycles. The summed E-state index contributed by atoms with van der Waals surface area (Å²) in [6, 6.07) is 7.26. The van der Waals surface area contributed by atoms with Crippen molar-refractivity contribution in [2.75, 3.05) is 19.8 Å². The number of ether oxygens (including phenoxy) is 2. The summed E-state index contributed by atoms with van der Waals surface area (Å²) in [5, 5.41) is 0. The van der Waals surface area contributed by atoms with E-state index in [1.54, 1.807) is 12.1 Å². The van der Waals surface area contributed by atoms with Gasteiger partial charge in [-0.25, -0.2) is 4.79 Å². The molecule has 0 aromatic heterocycles. The predicted molar refractivity (Wildman–Crippen MR) is 68.2 cm³/mol. The maximum absolute atomic E-state index is 11.9. The number of carbonyl (C=O) groups excluding carboxylic acids is 1. The van der Waals surface area contributed by atoms with Gasteiger partial charge in [0.1, 0.15) is 0 Å². The minimum absolute atomic E-state index is 0.267. The Labute approximate surface area is 107 Å². The number of rotatable bonds is 4. The van der Waals surface area contributed by atoms with Crippen molar-refractivity contribution < 1.29 is 14.3 Å². The van der Waals surface area contributed by atoms with E-state index in [-0.39, 0.29) is 5.97 Å². The standard InChI is InChI=1S/C14H19NO3/c15-9-12-2-1-3-13(8-12)14(16)18-10-11-4-6-17-7-5-11/h1-3,8,11H,4-7,9-10,15H2. The van der Waals surface area contributed by atoms with Crippen LogP contribution in [0.3, 0.4) is 0 Å². The van der Waals surface area contributed by atoms with Gasteiger partial charge in [-0.1, -0.05) is 12.1 Å². The van der Waals surface area contributed by atoms with Crippen LogP contribution < -0.4 is 5.73 Å². The molecule has 4 nitrogen and oxygen atoms in total. The largest absolute Gasteiger partial charge is 0.462 e. The zero-order valence-corrected chi connectivity index (χ0v) is 10.4. The fraction of sp³-hybridized carbons (Fsp3) is 0.500. The van der Waals surface area contributed by atoms with Crippen LogP contribution in [0.1, 0.15) is 28.8 Å². The quantitative estimate of drug-likeness (QED) is 0.825. The highest BCUT2D eigenvalue weighted by Crippen LogP contribution is 2.16. The number of hydrogen-bond donors (Lipinski definition) is 1. The van der Waals surface area contributed by atoms with E-state index in [1.807, 2.05) is 12.1 Å². The molecular weight excluding hydrogens is 230 g/mol. The van der Waals surface area contributed by atoms with Crippen LogP contribution in [-0.2, 0) is 16.0 Å². The van der Waals surface area contributed by atoms with Gasteiger partial charge in [0.05, 0.1) is 12.2 Å². The molecule has 0 spiro atoms. The molecule has 0 unspecified atom stereocenters. The van der Waals surface area contributed by atoms with Crippen molar-refractivity contribution in [3.63, 3.8) is 0 Å². The Morgan fingerprint density at radius 3 is 2.89 bits per heavy atom. The number of benzene rings is 1. The lowest BCUT2D eigenvalue weighted by molar-refractivity contribution is 0.0185. The fourth-order valence-electron chi connectivity index (χ4n) is 2.02. The Bertz CT molecular complexity index is 400. The van der Waals surface area contributed by atoms with Crippen LogP contribution in [-0.4, -0.2) is 25.8 Å². The van der Waals surface area contributed by atoms with Gasteiger partial charge < -0.3 is 15.2 Å². The van der Waals surface area contributed by atoms with Crippen LogP contribution in [0, 0.1) is 5.92 Å². The first-order valence-electron chi connectivity index (χ1n) is 6.33. The van der Waals surface area contributed by atoms with Crippen LogP contribution in [0.5, 0.6) is 0 Å². The first-order chi connectivity index (χ1) is 8.79. The minimum atomic E-state index is -0.267. The molecule has 0 radical (unpaired) electrons. The normalized spacial score (nSPS) is 16.5. The van der Waals surface area contributed by atoms with Gasteiger partial charge in [0, 0.05) is 19.8 Å². The molecule has 1 aromatic rings. The van der Waals surface area contributed by atoms with Gasteiger partial charge >= 0.3 is 5.97 Å². The molecule has 1 aromatic carbocycles. The molecular formula is C14H19NO3. The molecule has 2 N–H and O–H groups in total. The van der Waals surface area contributed by atoms with Crippen molar-refractivity contribution in [1.29, 1.82) is 0 Å². The number of nitrogens with two attached hydrogens (primary N) is 1. The molecule has 0 bridgehead atoms. The van der Waals surface area contributed by atoms with Gasteiger partial charge in [0.2, 0.25) is 0 Å². The number of esters is 1. The van der Waals surface area contributed by atoms with Crippen LogP contribution in [0.15, 0.2) is 24.3 Å². The molecule has 1 fully saturated rings. The highest BCUT2D eigenvalue weighted by molar-refractivity contribution is 5.89. The van der Waals surface area contributed by atoms with Gasteiger partial charge in [-0.05, 0) is 36.5 Å². The lowest BCUT2D eigenvalue weighted by Gasteiger charge is -2.21. The maximum Gasteiger partial charge on any atom is 0.338 e. The summed E-state index contributed by atoms with van der Waals surface area (Å²) in [6.07, 6.45) is 1.94. The first-order valence-corrected chi connectivity index (χ1v) is 6.33. The lowest BCUT2D eigenvalue weighted by atomic mass is 10.0. The summed E-state index contributed by atoms with van der Waals surface area (Å²) < 4.78 is 10.6. The second-order valence-electron chi connectivity index (χ2n) is 4.56. The number of hydrogen-bond acceptors (Lipinski definition) is 4. The molecule has 0 saturated carbocycles. The smallest absolute Gasteiger partial charge is 0.338 e. The SMILES string of the molecule is NCc1cccc(C(=O)OCC2CCOCC2)c1. The molecule has 0 aliphatic carbocycles. The van der Waals surface area contributed by atoms with Gasteiger partial charge in [-0.15, -0.1) is 0 Å². The summed E-state index contributed by atoms with van der Waals surface area (Å²) in [4.78, 5) is 11.9. The maximum atomic E-state index is 11.9. The van der Waals surface area contributed by atoms with Gasteiger partial charge in [0.25, 0.3) is 0 Å². The molecule has 1 saturated heterocycles. The number of carbonyl (C=O) groups is 1. The van der Waals surface area contributed by atoms with Gasteiger partial charge in [-0.3, -0.25) is 0 Å². The Balaban J connectivity index is 1.86. The predicted octanol–water partition coefficient (Wildman–Crippen LogP) is 1.73. The summed E-state index contributed by atoms with van der Waals surface area (Å²) in [5.74, 6) is 0.164. The van der Waals surface area contributed by atoms with E-state index in [4.69, 9.17) is 15.2 Å². The molecule has 18 heavy (non-hydrogen) atoms. The first kappa shape index (κ1) is 13.1. The van der Waals surface area contributed by atoms with Crippen LogP contribution in [0.4, 0.5) is 0 Å². The van der Waals surface area contributed by atoms with E-state index < -0.39 is 0 Å². The van der Waals surface area contributed by atoms with Crippen LogP contribution in [0.25, 0.3) is 0 Å². The third-order valence-electron chi connectivity index (χ3n) is 3.19. The van der Waals surface area contributed by atoms with Crippen molar-refractivity contribution in [2.24, 2.45) is 11.7 Å². The molecule has 0 atom stereocenters. The van der Waals surface area contributed by atoms with E-state index in [0.717, 1.165) is 31.6 Å². The summed E-state index contributed by atoms with van der Waals surface area (Å²) in [5.41, 5.74) is 7.06. The monoisotopic (exact) mass is 249 g/mol. The Morgan fingerprint density at radius 1 is 1.39 bits per heavy atom. The van der Waals surface area contributed by atoms with E-state index in [1.165, 1.54) is 0 Å². The third-order valence-corrected chi connectivity index (χ3v) is 3.19. The molecule has 1 heterocycles. The average Bonchev–Trinajstić information content (AvgIpc) is 2.46. The zero-order chi connectivity index (χ0) is 12.8. The van der Waals surface area contributed by atoms with Crippen LogP contribution in [0.2, 0.25) is 0 Å². The molecule has 98 valence electrons. The van der Waals surface area contributed by atoms with Gasteiger partial charge in [-0.2, -0.15) is 0 Å². The fourth-order valence-corrected chi connectivity index (χ4v) is 2.02. The van der Waals surface area contributed by atoms with Gasteiger partial charge in [0.15, 0.2) is 0 Å². The third kappa shape index (κ3) is 3.55. The average molecular weight is 249 g/mol. The summed E-state index contributed by atoms with van der Waals surface area (Å²) >= 11 is 0. The van der Waals surface area contributed by atoms with E-state index in [0.29, 0.717) is 24.6 Å². The Morgan fingerprint density at radius 2 is 2.17 bits per heavy atom. The van der Waals surface area contributed by atoms with E-state index in [2.05, 4.69) is 0 Å². The Kier molecular flexibility index (Phi) is 4.73. The van der Waals surface area contributed by atoms with Crippen molar-refractivity contribution >= 4 is 5.97 Å². The molecule has 0 amide bonds. The molecule has 1 aliphatic rings. The van der Waals surface area contributed by atoms with Crippen molar-refractivity contribution in [3.8, 4) is 0 Å². The topological polar surface area (TPSA) is 61.6 Å². The zero-order valence-electron chi connectivity index (χ0n) is 10.4. The summed E-state index contributed by atoms with van der Waals surface area (Å²) in [6.45, 7) is 2.45. The van der Waals surface area contributed by atoms with Crippen molar-refractivity contribution in [3.05, 3.63) is 35.4 Å².